The molecule has 20 heavy (non-hydrogen) atoms. The summed E-state index contributed by atoms with van der Waals surface area (Å²) in [6.07, 6.45) is 0. The predicted octanol–water partition coefficient (Wildman–Crippen LogP) is 2.86. The first kappa shape index (κ1) is 13.7. The van der Waals surface area contributed by atoms with E-state index in [0.29, 0.717) is 17.1 Å². The largest absolute Gasteiger partial charge is 0.497 e. The van der Waals surface area contributed by atoms with Crippen LogP contribution >= 0.6 is 0 Å². The van der Waals surface area contributed by atoms with Crippen molar-refractivity contribution in [3.05, 3.63) is 47.8 Å². The average molecular weight is 276 g/mol. The number of nitrogens with two attached hydrogens (primary N) is 1. The van der Waals surface area contributed by atoms with E-state index in [4.69, 9.17) is 15.6 Å². The first-order valence-corrected chi connectivity index (χ1v) is 5.74. The standard InChI is InChI=1S/C14H13FN2O3/c1-20-9-4-2-8(3-5-9)17-13-7-11(15)10(14(18)19)6-12(13)16/h2-7,17H,16H2,1H3,(H,18,19). The van der Waals surface area contributed by atoms with Crippen LogP contribution < -0.4 is 15.8 Å². The van der Waals surface area contributed by atoms with E-state index in [1.54, 1.807) is 31.4 Å². The molecule has 5 nitrogen and oxygen atoms in total. The van der Waals surface area contributed by atoms with Crippen LogP contribution in [0.3, 0.4) is 0 Å². The van der Waals surface area contributed by atoms with E-state index in [-0.39, 0.29) is 5.69 Å². The number of hydrogen-bond donors (Lipinski definition) is 3. The summed E-state index contributed by atoms with van der Waals surface area (Å²) in [5.41, 5.74) is 6.40. The molecule has 0 saturated heterocycles. The number of carbonyl (C=O) groups is 1. The molecule has 2 rings (SSSR count). The number of nitrogens with one attached hydrogen (secondary N) is 1. The van der Waals surface area contributed by atoms with E-state index in [1.165, 1.54) is 0 Å². The van der Waals surface area contributed by atoms with E-state index in [9.17, 15) is 9.18 Å². The van der Waals surface area contributed by atoms with Crippen molar-refractivity contribution in [1.29, 1.82) is 0 Å². The lowest BCUT2D eigenvalue weighted by molar-refractivity contribution is 0.0692. The number of benzene rings is 2. The van der Waals surface area contributed by atoms with Crippen molar-refractivity contribution in [3.63, 3.8) is 0 Å². The lowest BCUT2D eigenvalue weighted by atomic mass is 10.1. The van der Waals surface area contributed by atoms with E-state index < -0.39 is 17.3 Å². The monoisotopic (exact) mass is 276 g/mol. The van der Waals surface area contributed by atoms with Gasteiger partial charge in [-0.05, 0) is 30.3 Å². The van der Waals surface area contributed by atoms with Gasteiger partial charge in [0.05, 0.1) is 24.0 Å². The molecule has 0 aliphatic carbocycles. The average Bonchev–Trinajstić information content (AvgIpc) is 2.43. The van der Waals surface area contributed by atoms with Crippen molar-refractivity contribution in [1.82, 2.24) is 0 Å². The minimum Gasteiger partial charge on any atom is -0.497 e. The maximum atomic E-state index is 13.6. The highest BCUT2D eigenvalue weighted by atomic mass is 19.1. The maximum Gasteiger partial charge on any atom is 0.338 e. The molecule has 2 aromatic carbocycles. The number of nitrogen functional groups attached to an aromatic ring is 1. The van der Waals surface area contributed by atoms with Crippen molar-refractivity contribution >= 4 is 23.0 Å². The Hall–Kier alpha value is -2.76. The number of carboxylic acids is 1. The fourth-order valence-corrected chi connectivity index (χ4v) is 1.69. The Morgan fingerprint density at radius 1 is 1.30 bits per heavy atom. The van der Waals surface area contributed by atoms with Gasteiger partial charge in [0.15, 0.2) is 0 Å². The minimum absolute atomic E-state index is 0.152. The molecule has 0 heterocycles. The molecule has 0 amide bonds. The number of halogens is 1. The van der Waals surface area contributed by atoms with Gasteiger partial charge in [0.2, 0.25) is 0 Å². The quantitative estimate of drug-likeness (QED) is 0.748. The first-order chi connectivity index (χ1) is 9.51. The Kier molecular flexibility index (Phi) is 3.74. The minimum atomic E-state index is -1.36. The third-order valence-corrected chi connectivity index (χ3v) is 2.74. The van der Waals surface area contributed by atoms with Gasteiger partial charge < -0.3 is 20.9 Å². The van der Waals surface area contributed by atoms with Crippen LogP contribution in [-0.4, -0.2) is 18.2 Å². The normalized spacial score (nSPS) is 10.1. The topological polar surface area (TPSA) is 84.6 Å². The highest BCUT2D eigenvalue weighted by molar-refractivity contribution is 5.91. The Morgan fingerprint density at radius 3 is 2.50 bits per heavy atom. The van der Waals surface area contributed by atoms with Crippen molar-refractivity contribution in [3.8, 4) is 5.75 Å². The van der Waals surface area contributed by atoms with Crippen LogP contribution in [0.5, 0.6) is 5.75 Å². The van der Waals surface area contributed by atoms with Gasteiger partial charge in [0.1, 0.15) is 11.6 Å². The molecule has 4 N–H and O–H groups in total. The van der Waals surface area contributed by atoms with Crippen LogP contribution in [0.1, 0.15) is 10.4 Å². The fourth-order valence-electron chi connectivity index (χ4n) is 1.69. The van der Waals surface area contributed by atoms with E-state index in [1.807, 2.05) is 0 Å². The molecule has 0 spiro atoms. The zero-order valence-electron chi connectivity index (χ0n) is 10.7. The van der Waals surface area contributed by atoms with Gasteiger partial charge in [-0.15, -0.1) is 0 Å². The number of rotatable bonds is 4. The second kappa shape index (κ2) is 5.48. The van der Waals surface area contributed by atoms with Crippen LogP contribution in [0.25, 0.3) is 0 Å². The van der Waals surface area contributed by atoms with Crippen molar-refractivity contribution < 1.29 is 19.0 Å². The zero-order valence-corrected chi connectivity index (χ0v) is 10.7. The molecule has 104 valence electrons. The highest BCUT2D eigenvalue weighted by Gasteiger charge is 2.13. The number of methoxy groups -OCH3 is 1. The molecule has 0 radical (unpaired) electrons. The predicted molar refractivity (Wildman–Crippen MR) is 74.0 cm³/mol. The second-order valence-corrected chi connectivity index (χ2v) is 4.08. The molecular formula is C14H13FN2O3. The van der Waals surface area contributed by atoms with Gasteiger partial charge in [0.25, 0.3) is 0 Å². The molecule has 0 saturated carbocycles. The van der Waals surface area contributed by atoms with Crippen molar-refractivity contribution in [2.75, 3.05) is 18.2 Å². The molecular weight excluding hydrogens is 263 g/mol. The van der Waals surface area contributed by atoms with Crippen LogP contribution in [0.15, 0.2) is 36.4 Å². The molecule has 2 aromatic rings. The summed E-state index contributed by atoms with van der Waals surface area (Å²) in [4.78, 5) is 10.8. The Balaban J connectivity index is 2.29. The van der Waals surface area contributed by atoms with Crippen LogP contribution in [0.2, 0.25) is 0 Å². The summed E-state index contributed by atoms with van der Waals surface area (Å²) >= 11 is 0. The molecule has 0 aliphatic heterocycles. The number of anilines is 3. The summed E-state index contributed by atoms with van der Waals surface area (Å²) in [6, 6.07) is 9.09. The van der Waals surface area contributed by atoms with E-state index in [2.05, 4.69) is 5.32 Å². The Morgan fingerprint density at radius 2 is 1.95 bits per heavy atom. The smallest absolute Gasteiger partial charge is 0.338 e. The Labute approximate surface area is 114 Å². The molecule has 0 atom stereocenters. The van der Waals surface area contributed by atoms with Crippen LogP contribution in [0, 0.1) is 5.82 Å². The van der Waals surface area contributed by atoms with E-state index >= 15 is 0 Å². The summed E-state index contributed by atoms with van der Waals surface area (Å²) < 4.78 is 18.6. The van der Waals surface area contributed by atoms with Crippen molar-refractivity contribution in [2.45, 2.75) is 0 Å². The van der Waals surface area contributed by atoms with Crippen molar-refractivity contribution in [2.24, 2.45) is 0 Å². The second-order valence-electron chi connectivity index (χ2n) is 4.08. The number of hydrogen-bond acceptors (Lipinski definition) is 4. The van der Waals surface area contributed by atoms with Gasteiger partial charge in [-0.25, -0.2) is 9.18 Å². The summed E-state index contributed by atoms with van der Waals surface area (Å²) in [5.74, 6) is -1.51. The molecule has 0 aromatic heterocycles. The fraction of sp³-hybridized carbons (Fsp3) is 0.0714. The number of carboxylic acid groups (broad SMARTS) is 1. The van der Waals surface area contributed by atoms with Gasteiger partial charge in [0, 0.05) is 11.8 Å². The van der Waals surface area contributed by atoms with E-state index in [0.717, 1.165) is 12.1 Å². The molecule has 6 heteroatoms. The van der Waals surface area contributed by atoms with Gasteiger partial charge in [-0.2, -0.15) is 0 Å². The summed E-state index contributed by atoms with van der Waals surface area (Å²) in [5, 5.41) is 11.7. The maximum absolute atomic E-state index is 13.6. The highest BCUT2D eigenvalue weighted by Crippen LogP contribution is 2.27. The third kappa shape index (κ3) is 2.80. The molecule has 0 bridgehead atoms. The van der Waals surface area contributed by atoms with Gasteiger partial charge >= 0.3 is 5.97 Å². The van der Waals surface area contributed by atoms with Crippen LogP contribution in [0.4, 0.5) is 21.5 Å². The molecule has 0 aliphatic rings. The van der Waals surface area contributed by atoms with Crippen LogP contribution in [-0.2, 0) is 0 Å². The zero-order chi connectivity index (χ0) is 14.7. The van der Waals surface area contributed by atoms with Gasteiger partial charge in [-0.3, -0.25) is 0 Å². The lowest BCUT2D eigenvalue weighted by Crippen LogP contribution is -2.05. The Bertz CT molecular complexity index is 642. The molecule has 0 fully saturated rings. The summed E-state index contributed by atoms with van der Waals surface area (Å²) in [7, 11) is 1.56. The third-order valence-electron chi connectivity index (χ3n) is 2.74. The lowest BCUT2D eigenvalue weighted by Gasteiger charge is -2.11. The first-order valence-electron chi connectivity index (χ1n) is 5.74. The molecule has 0 unspecified atom stereocenters. The number of ether oxygens (including phenoxy) is 1. The summed E-state index contributed by atoms with van der Waals surface area (Å²) in [6.45, 7) is 0. The SMILES string of the molecule is COc1ccc(Nc2cc(F)c(C(=O)O)cc2N)cc1. The van der Waals surface area contributed by atoms with Gasteiger partial charge in [-0.1, -0.05) is 0 Å². The number of aromatic carboxylic acids is 1.